The molecule has 3 aromatic rings. The highest BCUT2D eigenvalue weighted by Crippen LogP contribution is 2.24. The Hall–Kier alpha value is -2.54. The van der Waals surface area contributed by atoms with Gasteiger partial charge in [0.25, 0.3) is 5.56 Å². The van der Waals surface area contributed by atoms with Gasteiger partial charge in [0.1, 0.15) is 11.0 Å². The van der Waals surface area contributed by atoms with Gasteiger partial charge >= 0.3 is 0 Å². The van der Waals surface area contributed by atoms with Crippen LogP contribution < -0.4 is 10.9 Å². The third-order valence-electron chi connectivity index (χ3n) is 4.25. The molecule has 1 amide bonds. The van der Waals surface area contributed by atoms with Gasteiger partial charge in [-0.2, -0.15) is 0 Å². The molecule has 0 spiro atoms. The molecule has 2 heterocycles. The Morgan fingerprint density at radius 1 is 1.28 bits per heavy atom. The van der Waals surface area contributed by atoms with Crippen LogP contribution in [0.1, 0.15) is 36.0 Å². The lowest BCUT2D eigenvalue weighted by Gasteiger charge is -2.19. The van der Waals surface area contributed by atoms with Gasteiger partial charge in [-0.25, -0.2) is 0 Å². The molecule has 6 nitrogen and oxygen atoms in total. The Labute approximate surface area is 149 Å². The van der Waals surface area contributed by atoms with Crippen LogP contribution in [0, 0.1) is 13.8 Å². The summed E-state index contributed by atoms with van der Waals surface area (Å²) in [6.07, 6.45) is 0.768. The fraction of sp³-hybridized carbons (Fsp3) is 0.333. The van der Waals surface area contributed by atoms with Gasteiger partial charge in [-0.3, -0.25) is 19.5 Å². The third-order valence-corrected chi connectivity index (χ3v) is 5.23. The standard InChI is InChI=1S/C18H20N4O2S/c1-5-14-20-21-18(25-14)19-17(24)12(4)22-15(23)9-11(3)13-8-6-7-10(2)16(13)22/h6-9,12H,5H2,1-4H3,(H,19,21,24). The van der Waals surface area contributed by atoms with E-state index in [2.05, 4.69) is 15.5 Å². The molecule has 1 aromatic carbocycles. The number of carbonyl (C=O) groups is 1. The summed E-state index contributed by atoms with van der Waals surface area (Å²) in [7, 11) is 0. The average molecular weight is 356 g/mol. The van der Waals surface area contributed by atoms with Crippen LogP contribution in [0.25, 0.3) is 10.9 Å². The lowest BCUT2D eigenvalue weighted by atomic mass is 10.1. The molecule has 0 aliphatic rings. The number of hydrogen-bond donors (Lipinski definition) is 1. The maximum Gasteiger partial charge on any atom is 0.252 e. The van der Waals surface area contributed by atoms with Gasteiger partial charge in [-0.15, -0.1) is 10.2 Å². The van der Waals surface area contributed by atoms with Crippen LogP contribution in [0.3, 0.4) is 0 Å². The average Bonchev–Trinajstić information content (AvgIpc) is 3.03. The summed E-state index contributed by atoms with van der Waals surface area (Å²) in [5.41, 5.74) is 2.47. The van der Waals surface area contributed by atoms with Crippen LogP contribution in [-0.4, -0.2) is 20.7 Å². The topological polar surface area (TPSA) is 76.9 Å². The molecule has 0 saturated heterocycles. The SMILES string of the molecule is CCc1nnc(NC(=O)C(C)n2c(=O)cc(C)c3cccc(C)c32)s1. The van der Waals surface area contributed by atoms with E-state index in [-0.39, 0.29) is 11.5 Å². The summed E-state index contributed by atoms with van der Waals surface area (Å²) < 4.78 is 1.55. The smallest absolute Gasteiger partial charge is 0.252 e. The Morgan fingerprint density at radius 2 is 2.04 bits per heavy atom. The summed E-state index contributed by atoms with van der Waals surface area (Å²) in [4.78, 5) is 25.3. The van der Waals surface area contributed by atoms with E-state index in [4.69, 9.17) is 0 Å². The van der Waals surface area contributed by atoms with Gasteiger partial charge in [0.15, 0.2) is 0 Å². The maximum absolute atomic E-state index is 12.7. The predicted molar refractivity (Wildman–Crippen MR) is 100 cm³/mol. The minimum absolute atomic E-state index is 0.187. The van der Waals surface area contributed by atoms with Crippen molar-refractivity contribution < 1.29 is 4.79 Å². The van der Waals surface area contributed by atoms with E-state index >= 15 is 0 Å². The van der Waals surface area contributed by atoms with Crippen molar-refractivity contribution in [1.82, 2.24) is 14.8 Å². The number of para-hydroxylation sites is 1. The van der Waals surface area contributed by atoms with Crippen molar-refractivity contribution in [2.75, 3.05) is 5.32 Å². The zero-order valence-corrected chi connectivity index (χ0v) is 15.5. The first-order valence-electron chi connectivity index (χ1n) is 8.17. The van der Waals surface area contributed by atoms with Gasteiger partial charge in [-0.05, 0) is 38.3 Å². The number of carbonyl (C=O) groups excluding carboxylic acids is 1. The number of anilines is 1. The lowest BCUT2D eigenvalue weighted by Crippen LogP contribution is -2.32. The number of nitrogens with zero attached hydrogens (tertiary/aromatic N) is 3. The molecule has 1 N–H and O–H groups in total. The monoisotopic (exact) mass is 356 g/mol. The Kier molecular flexibility index (Phi) is 4.67. The van der Waals surface area contributed by atoms with Crippen molar-refractivity contribution in [3.8, 4) is 0 Å². The van der Waals surface area contributed by atoms with Crippen LogP contribution in [-0.2, 0) is 11.2 Å². The zero-order valence-electron chi connectivity index (χ0n) is 14.7. The van der Waals surface area contributed by atoms with Crippen molar-refractivity contribution in [2.24, 2.45) is 0 Å². The van der Waals surface area contributed by atoms with E-state index in [1.165, 1.54) is 11.3 Å². The molecule has 2 aromatic heterocycles. The van der Waals surface area contributed by atoms with Crippen LogP contribution in [0.4, 0.5) is 5.13 Å². The molecule has 0 radical (unpaired) electrons. The van der Waals surface area contributed by atoms with Crippen LogP contribution in [0.5, 0.6) is 0 Å². The lowest BCUT2D eigenvalue weighted by molar-refractivity contribution is -0.118. The highest BCUT2D eigenvalue weighted by molar-refractivity contribution is 7.15. The van der Waals surface area contributed by atoms with Crippen molar-refractivity contribution in [3.63, 3.8) is 0 Å². The van der Waals surface area contributed by atoms with Crippen LogP contribution in [0.2, 0.25) is 0 Å². The van der Waals surface area contributed by atoms with E-state index in [9.17, 15) is 9.59 Å². The minimum atomic E-state index is -0.661. The van der Waals surface area contributed by atoms with Crippen molar-refractivity contribution >= 4 is 33.3 Å². The fourth-order valence-corrected chi connectivity index (χ4v) is 3.58. The summed E-state index contributed by atoms with van der Waals surface area (Å²) in [5, 5.41) is 13.0. The van der Waals surface area contributed by atoms with Gasteiger partial charge in [-0.1, -0.05) is 36.5 Å². The van der Waals surface area contributed by atoms with E-state index in [0.29, 0.717) is 5.13 Å². The zero-order chi connectivity index (χ0) is 18.1. The first-order chi connectivity index (χ1) is 11.9. The number of amides is 1. The van der Waals surface area contributed by atoms with Gasteiger partial charge < -0.3 is 0 Å². The second-order valence-corrected chi connectivity index (χ2v) is 7.09. The second kappa shape index (κ2) is 6.76. The number of fused-ring (bicyclic) bond motifs is 1. The van der Waals surface area contributed by atoms with Crippen molar-refractivity contribution in [2.45, 2.75) is 40.2 Å². The molecule has 0 fully saturated rings. The molecule has 0 aliphatic carbocycles. The van der Waals surface area contributed by atoms with E-state index in [0.717, 1.165) is 33.5 Å². The Bertz CT molecular complexity index is 1010. The molecule has 3 rings (SSSR count). The number of pyridine rings is 1. The first-order valence-corrected chi connectivity index (χ1v) is 8.98. The van der Waals surface area contributed by atoms with Gasteiger partial charge in [0.05, 0.1) is 5.52 Å². The molecule has 25 heavy (non-hydrogen) atoms. The fourth-order valence-electron chi connectivity index (χ4n) is 2.90. The highest BCUT2D eigenvalue weighted by Gasteiger charge is 2.21. The Morgan fingerprint density at radius 3 is 2.72 bits per heavy atom. The van der Waals surface area contributed by atoms with E-state index in [1.807, 2.05) is 39.0 Å². The number of aromatic nitrogens is 3. The summed E-state index contributed by atoms with van der Waals surface area (Å²) in [6, 6.07) is 6.78. The molecule has 0 saturated carbocycles. The first kappa shape index (κ1) is 17.3. The van der Waals surface area contributed by atoms with E-state index in [1.54, 1.807) is 17.6 Å². The second-order valence-electron chi connectivity index (χ2n) is 6.03. The number of aryl methyl sites for hydroxylation is 3. The molecule has 1 unspecified atom stereocenters. The predicted octanol–water partition coefficient (Wildman–Crippen LogP) is 3.23. The molecular formula is C18H20N4O2S. The molecule has 7 heteroatoms. The third kappa shape index (κ3) is 3.19. The number of benzene rings is 1. The van der Waals surface area contributed by atoms with Crippen molar-refractivity contribution in [1.29, 1.82) is 0 Å². The van der Waals surface area contributed by atoms with Gasteiger partial charge in [0, 0.05) is 11.5 Å². The number of nitrogens with one attached hydrogen (secondary N) is 1. The molecule has 0 bridgehead atoms. The molecule has 1 atom stereocenters. The van der Waals surface area contributed by atoms with Crippen molar-refractivity contribution in [3.05, 3.63) is 50.8 Å². The van der Waals surface area contributed by atoms with Crippen LogP contribution >= 0.6 is 11.3 Å². The summed E-state index contributed by atoms with van der Waals surface area (Å²) >= 11 is 1.35. The number of hydrogen-bond acceptors (Lipinski definition) is 5. The number of rotatable bonds is 4. The quantitative estimate of drug-likeness (QED) is 0.778. The Balaban J connectivity index is 2.03. The van der Waals surface area contributed by atoms with Gasteiger partial charge in [0.2, 0.25) is 11.0 Å². The normalized spacial score (nSPS) is 12.3. The maximum atomic E-state index is 12.7. The highest BCUT2D eigenvalue weighted by atomic mass is 32.1. The minimum Gasteiger partial charge on any atom is -0.299 e. The largest absolute Gasteiger partial charge is 0.299 e. The molecule has 130 valence electrons. The van der Waals surface area contributed by atoms with E-state index < -0.39 is 6.04 Å². The van der Waals surface area contributed by atoms with Crippen LogP contribution in [0.15, 0.2) is 29.1 Å². The summed E-state index contributed by atoms with van der Waals surface area (Å²) in [6.45, 7) is 7.56. The molecule has 0 aliphatic heterocycles. The molecular weight excluding hydrogens is 336 g/mol. The summed E-state index contributed by atoms with van der Waals surface area (Å²) in [5.74, 6) is -0.283.